The second kappa shape index (κ2) is 5.35. The van der Waals surface area contributed by atoms with Crippen LogP contribution in [0, 0.1) is 0 Å². The van der Waals surface area contributed by atoms with Crippen LogP contribution < -0.4 is 10.5 Å². The summed E-state index contributed by atoms with van der Waals surface area (Å²) in [5.41, 5.74) is 6.87. The number of aliphatic carboxylic acids is 1. The summed E-state index contributed by atoms with van der Waals surface area (Å²) in [6.07, 6.45) is 0. The summed E-state index contributed by atoms with van der Waals surface area (Å²) in [5.74, 6) is -0.304. The minimum absolute atomic E-state index is 0.560. The minimum Gasteiger partial charge on any atom is -0.497 e. The van der Waals surface area contributed by atoms with E-state index in [0.29, 0.717) is 5.56 Å². The largest absolute Gasteiger partial charge is 0.497 e. The van der Waals surface area contributed by atoms with Crippen LogP contribution >= 0.6 is 0 Å². The van der Waals surface area contributed by atoms with E-state index in [0.717, 1.165) is 16.9 Å². The van der Waals surface area contributed by atoms with Gasteiger partial charge in [-0.05, 0) is 41.8 Å². The Morgan fingerprint density at radius 3 is 2.35 bits per heavy atom. The summed E-state index contributed by atoms with van der Waals surface area (Å²) in [6.45, 7) is 1.49. The molecule has 20 heavy (non-hydrogen) atoms. The van der Waals surface area contributed by atoms with Crippen molar-refractivity contribution >= 4 is 5.97 Å². The van der Waals surface area contributed by atoms with Crippen LogP contribution in [0.1, 0.15) is 12.5 Å². The van der Waals surface area contributed by atoms with E-state index in [9.17, 15) is 9.90 Å². The van der Waals surface area contributed by atoms with Gasteiger partial charge in [0.15, 0.2) is 0 Å². The van der Waals surface area contributed by atoms with Crippen molar-refractivity contribution in [1.82, 2.24) is 0 Å². The molecule has 0 saturated heterocycles. The molecule has 0 saturated carbocycles. The number of carbonyl (C=O) groups is 1. The van der Waals surface area contributed by atoms with Crippen molar-refractivity contribution in [2.45, 2.75) is 12.5 Å². The zero-order chi connectivity index (χ0) is 14.8. The Morgan fingerprint density at radius 1 is 1.15 bits per heavy atom. The standard InChI is InChI=1S/C16H17NO3/c1-16(17,15(18)19)13-7-3-5-11(9-13)12-6-4-8-14(10-12)20-2/h3-10H,17H2,1-2H3,(H,18,19). The zero-order valence-electron chi connectivity index (χ0n) is 11.5. The van der Waals surface area contributed by atoms with Crippen molar-refractivity contribution in [3.63, 3.8) is 0 Å². The van der Waals surface area contributed by atoms with Gasteiger partial charge in [0.2, 0.25) is 0 Å². The maximum absolute atomic E-state index is 11.2. The molecule has 3 N–H and O–H groups in total. The van der Waals surface area contributed by atoms with Crippen LogP contribution in [0.4, 0.5) is 0 Å². The van der Waals surface area contributed by atoms with Crippen LogP contribution in [0.5, 0.6) is 5.75 Å². The average Bonchev–Trinajstić information content (AvgIpc) is 2.47. The van der Waals surface area contributed by atoms with Gasteiger partial charge in [-0.1, -0.05) is 30.3 Å². The van der Waals surface area contributed by atoms with Crippen LogP contribution in [-0.2, 0) is 10.3 Å². The number of ether oxygens (including phenoxy) is 1. The number of benzene rings is 2. The molecule has 104 valence electrons. The van der Waals surface area contributed by atoms with E-state index in [-0.39, 0.29) is 0 Å². The van der Waals surface area contributed by atoms with E-state index in [4.69, 9.17) is 10.5 Å². The first-order valence-corrected chi connectivity index (χ1v) is 6.22. The maximum atomic E-state index is 11.2. The maximum Gasteiger partial charge on any atom is 0.328 e. The van der Waals surface area contributed by atoms with Crippen molar-refractivity contribution in [1.29, 1.82) is 0 Å². The fraction of sp³-hybridized carbons (Fsp3) is 0.188. The van der Waals surface area contributed by atoms with E-state index in [1.165, 1.54) is 6.92 Å². The van der Waals surface area contributed by atoms with Gasteiger partial charge < -0.3 is 15.6 Å². The van der Waals surface area contributed by atoms with Crippen molar-refractivity contribution < 1.29 is 14.6 Å². The first kappa shape index (κ1) is 14.1. The molecule has 0 spiro atoms. The van der Waals surface area contributed by atoms with E-state index < -0.39 is 11.5 Å². The highest BCUT2D eigenvalue weighted by Crippen LogP contribution is 2.27. The quantitative estimate of drug-likeness (QED) is 0.896. The van der Waals surface area contributed by atoms with E-state index in [1.54, 1.807) is 25.3 Å². The lowest BCUT2D eigenvalue weighted by molar-refractivity contribution is -0.143. The molecule has 0 aliphatic rings. The molecule has 0 bridgehead atoms. The molecule has 0 fully saturated rings. The molecule has 2 aromatic carbocycles. The summed E-state index contributed by atoms with van der Waals surface area (Å²) < 4.78 is 5.19. The fourth-order valence-electron chi connectivity index (χ4n) is 1.95. The Labute approximate surface area is 117 Å². The third kappa shape index (κ3) is 2.65. The van der Waals surface area contributed by atoms with Gasteiger partial charge in [0, 0.05) is 0 Å². The Balaban J connectivity index is 2.46. The van der Waals surface area contributed by atoms with Crippen LogP contribution in [0.15, 0.2) is 48.5 Å². The molecule has 0 aliphatic heterocycles. The van der Waals surface area contributed by atoms with Gasteiger partial charge in [-0.2, -0.15) is 0 Å². The molecular weight excluding hydrogens is 254 g/mol. The molecule has 1 unspecified atom stereocenters. The number of rotatable bonds is 4. The second-order valence-corrected chi connectivity index (χ2v) is 4.82. The van der Waals surface area contributed by atoms with E-state index in [1.807, 2.05) is 30.3 Å². The highest BCUT2D eigenvalue weighted by Gasteiger charge is 2.30. The summed E-state index contributed by atoms with van der Waals surface area (Å²) in [6, 6.07) is 14.8. The Kier molecular flexibility index (Phi) is 3.77. The minimum atomic E-state index is -1.41. The van der Waals surface area contributed by atoms with Crippen LogP contribution in [0.25, 0.3) is 11.1 Å². The number of carboxylic acids is 1. The van der Waals surface area contributed by atoms with Crippen molar-refractivity contribution in [2.24, 2.45) is 5.73 Å². The molecule has 0 radical (unpaired) electrons. The third-order valence-electron chi connectivity index (χ3n) is 3.31. The smallest absolute Gasteiger partial charge is 0.328 e. The van der Waals surface area contributed by atoms with Gasteiger partial charge in [0.05, 0.1) is 7.11 Å². The number of hydrogen-bond donors (Lipinski definition) is 2. The van der Waals surface area contributed by atoms with Gasteiger partial charge >= 0.3 is 5.97 Å². The molecule has 0 heterocycles. The summed E-state index contributed by atoms with van der Waals surface area (Å²) in [4.78, 5) is 11.2. The lowest BCUT2D eigenvalue weighted by Crippen LogP contribution is -2.41. The molecule has 0 aliphatic carbocycles. The fourth-order valence-corrected chi connectivity index (χ4v) is 1.95. The van der Waals surface area contributed by atoms with Gasteiger partial charge in [-0.25, -0.2) is 4.79 Å². The molecule has 1 atom stereocenters. The van der Waals surface area contributed by atoms with Gasteiger partial charge in [0.25, 0.3) is 0 Å². The monoisotopic (exact) mass is 271 g/mol. The molecule has 0 aromatic heterocycles. The Bertz CT molecular complexity index is 635. The van der Waals surface area contributed by atoms with Gasteiger partial charge in [-0.15, -0.1) is 0 Å². The van der Waals surface area contributed by atoms with Gasteiger partial charge in [-0.3, -0.25) is 0 Å². The SMILES string of the molecule is COc1cccc(-c2cccc(C(C)(N)C(=O)O)c2)c1. The van der Waals surface area contributed by atoms with E-state index >= 15 is 0 Å². The highest BCUT2D eigenvalue weighted by molar-refractivity contribution is 5.81. The molecule has 4 nitrogen and oxygen atoms in total. The first-order chi connectivity index (χ1) is 9.45. The second-order valence-electron chi connectivity index (χ2n) is 4.82. The molecule has 4 heteroatoms. The molecular formula is C16H17NO3. The number of methoxy groups -OCH3 is 1. The van der Waals surface area contributed by atoms with Crippen LogP contribution in [0.3, 0.4) is 0 Å². The topological polar surface area (TPSA) is 72.5 Å². The highest BCUT2D eigenvalue weighted by atomic mass is 16.5. The average molecular weight is 271 g/mol. The summed E-state index contributed by atoms with van der Waals surface area (Å²) in [7, 11) is 1.61. The third-order valence-corrected chi connectivity index (χ3v) is 3.31. The van der Waals surface area contributed by atoms with Crippen LogP contribution in [0.2, 0.25) is 0 Å². The molecule has 2 aromatic rings. The normalized spacial score (nSPS) is 13.6. The number of nitrogens with two attached hydrogens (primary N) is 1. The zero-order valence-corrected chi connectivity index (χ0v) is 11.5. The lowest BCUT2D eigenvalue weighted by Gasteiger charge is -2.20. The predicted molar refractivity (Wildman–Crippen MR) is 77.6 cm³/mol. The molecule has 2 rings (SSSR count). The van der Waals surface area contributed by atoms with Crippen molar-refractivity contribution in [3.05, 3.63) is 54.1 Å². The first-order valence-electron chi connectivity index (χ1n) is 6.22. The Hall–Kier alpha value is -2.33. The van der Waals surface area contributed by atoms with Crippen molar-refractivity contribution in [3.8, 4) is 16.9 Å². The predicted octanol–water partition coefficient (Wildman–Crippen LogP) is 2.62. The Morgan fingerprint density at radius 2 is 1.75 bits per heavy atom. The van der Waals surface area contributed by atoms with E-state index in [2.05, 4.69) is 0 Å². The summed E-state index contributed by atoms with van der Waals surface area (Å²) in [5, 5.41) is 9.19. The van der Waals surface area contributed by atoms with Gasteiger partial charge in [0.1, 0.15) is 11.3 Å². The van der Waals surface area contributed by atoms with Crippen LogP contribution in [-0.4, -0.2) is 18.2 Å². The molecule has 0 amide bonds. The number of carboxylic acid groups (broad SMARTS) is 1. The summed E-state index contributed by atoms with van der Waals surface area (Å²) >= 11 is 0. The number of hydrogen-bond acceptors (Lipinski definition) is 3. The van der Waals surface area contributed by atoms with Crippen molar-refractivity contribution in [2.75, 3.05) is 7.11 Å². The lowest BCUT2D eigenvalue weighted by atomic mass is 9.90.